The number of nitrogens with zero attached hydrogens (tertiary/aromatic N) is 3. The van der Waals surface area contributed by atoms with Crippen LogP contribution >= 0.6 is 0 Å². The van der Waals surface area contributed by atoms with Gasteiger partial charge in [-0.25, -0.2) is 18.7 Å². The van der Waals surface area contributed by atoms with Crippen molar-refractivity contribution in [2.45, 2.75) is 46.6 Å². The zero-order valence-corrected chi connectivity index (χ0v) is 17.8. The molecule has 160 valence electrons. The van der Waals surface area contributed by atoms with Crippen LogP contribution in [-0.2, 0) is 6.54 Å². The molecular formula is C23H29F2N5. The van der Waals surface area contributed by atoms with E-state index in [1.165, 1.54) is 6.07 Å². The maximum Gasteiger partial charge on any atom is 0.183 e. The molecular weight excluding hydrogens is 384 g/mol. The summed E-state index contributed by atoms with van der Waals surface area (Å²) in [7, 11) is 0. The van der Waals surface area contributed by atoms with E-state index in [0.717, 1.165) is 37.8 Å². The van der Waals surface area contributed by atoms with E-state index < -0.39 is 5.82 Å². The maximum atomic E-state index is 14.4. The van der Waals surface area contributed by atoms with Crippen molar-refractivity contribution in [3.8, 4) is 0 Å². The van der Waals surface area contributed by atoms with Gasteiger partial charge < -0.3 is 10.2 Å². The van der Waals surface area contributed by atoms with Gasteiger partial charge in [0.05, 0.1) is 6.20 Å². The highest BCUT2D eigenvalue weighted by molar-refractivity contribution is 6.04. The molecule has 0 radical (unpaired) electrons. The fourth-order valence-electron chi connectivity index (χ4n) is 3.40. The molecule has 30 heavy (non-hydrogen) atoms. The standard InChI is InChI=1S/C23H29F2N5/c1-4-17(27-14-16-7-5-6-8-18(16)24)13-20(26)21-28-15-19(25)22(29-21)30-11-9-23(2,3)10-12-30/h5-8,13,15,26-27H,4,9-12,14H2,1-3H3/b17-13-,26-20?. The Morgan fingerprint density at radius 2 is 1.90 bits per heavy atom. The normalized spacial score (nSPS) is 16.4. The van der Waals surface area contributed by atoms with Gasteiger partial charge in [-0.05, 0) is 36.8 Å². The van der Waals surface area contributed by atoms with Crippen molar-refractivity contribution in [3.05, 3.63) is 65.3 Å². The van der Waals surface area contributed by atoms with Crippen LogP contribution in [0.2, 0.25) is 0 Å². The Bertz CT molecular complexity index is 929. The van der Waals surface area contributed by atoms with Gasteiger partial charge in [0.1, 0.15) is 11.5 Å². The van der Waals surface area contributed by atoms with Crippen molar-refractivity contribution in [2.24, 2.45) is 5.41 Å². The van der Waals surface area contributed by atoms with Crippen LogP contribution in [0, 0.1) is 22.5 Å². The molecule has 1 aromatic heterocycles. The molecule has 0 spiro atoms. The van der Waals surface area contributed by atoms with Gasteiger partial charge in [-0.2, -0.15) is 0 Å². The van der Waals surface area contributed by atoms with Crippen LogP contribution in [0.3, 0.4) is 0 Å². The van der Waals surface area contributed by atoms with Crippen molar-refractivity contribution in [2.75, 3.05) is 18.0 Å². The van der Waals surface area contributed by atoms with E-state index in [9.17, 15) is 8.78 Å². The highest BCUT2D eigenvalue weighted by atomic mass is 19.1. The van der Waals surface area contributed by atoms with E-state index in [1.807, 2.05) is 11.8 Å². The summed E-state index contributed by atoms with van der Waals surface area (Å²) in [5.41, 5.74) is 1.65. The smallest absolute Gasteiger partial charge is 0.183 e. The highest BCUT2D eigenvalue weighted by Crippen LogP contribution is 2.32. The fourth-order valence-corrected chi connectivity index (χ4v) is 3.40. The molecule has 1 aliphatic heterocycles. The van der Waals surface area contributed by atoms with E-state index >= 15 is 0 Å². The van der Waals surface area contributed by atoms with Crippen LogP contribution in [-0.4, -0.2) is 28.8 Å². The minimum atomic E-state index is -0.469. The van der Waals surface area contributed by atoms with Crippen molar-refractivity contribution in [3.63, 3.8) is 0 Å². The van der Waals surface area contributed by atoms with Gasteiger partial charge in [-0.1, -0.05) is 39.0 Å². The molecule has 1 aliphatic rings. The Labute approximate surface area is 176 Å². The molecule has 7 heteroatoms. The zero-order chi connectivity index (χ0) is 21.7. The molecule has 2 heterocycles. The molecule has 0 unspecified atom stereocenters. The number of aromatic nitrogens is 2. The maximum absolute atomic E-state index is 14.4. The Morgan fingerprint density at radius 3 is 2.57 bits per heavy atom. The number of hydrogen-bond donors (Lipinski definition) is 2. The van der Waals surface area contributed by atoms with E-state index in [2.05, 4.69) is 29.1 Å². The van der Waals surface area contributed by atoms with Crippen molar-refractivity contribution in [1.29, 1.82) is 5.41 Å². The second-order valence-electron chi connectivity index (χ2n) is 8.40. The van der Waals surface area contributed by atoms with Crippen LogP contribution in [0.25, 0.3) is 0 Å². The molecule has 2 aromatic rings. The van der Waals surface area contributed by atoms with Gasteiger partial charge in [-0.15, -0.1) is 0 Å². The van der Waals surface area contributed by atoms with Gasteiger partial charge in [0.15, 0.2) is 17.5 Å². The van der Waals surface area contributed by atoms with E-state index in [-0.39, 0.29) is 28.6 Å². The second kappa shape index (κ2) is 9.32. The Hall–Kier alpha value is -2.83. The molecule has 0 aliphatic carbocycles. The van der Waals surface area contributed by atoms with E-state index in [1.54, 1.807) is 24.3 Å². The first kappa shape index (κ1) is 21.9. The summed E-state index contributed by atoms with van der Waals surface area (Å²) in [6.07, 6.45) is 5.31. The number of rotatable bonds is 7. The lowest BCUT2D eigenvalue weighted by molar-refractivity contribution is 0.278. The Balaban J connectivity index is 1.73. The van der Waals surface area contributed by atoms with Crippen molar-refractivity contribution >= 4 is 11.5 Å². The summed E-state index contributed by atoms with van der Waals surface area (Å²) in [6.45, 7) is 8.15. The molecule has 0 amide bonds. The second-order valence-corrected chi connectivity index (χ2v) is 8.40. The molecule has 0 bridgehead atoms. The third-order valence-corrected chi connectivity index (χ3v) is 5.55. The summed E-state index contributed by atoms with van der Waals surface area (Å²) < 4.78 is 28.2. The lowest BCUT2D eigenvalue weighted by atomic mass is 9.83. The lowest BCUT2D eigenvalue weighted by Gasteiger charge is -2.37. The Morgan fingerprint density at radius 1 is 1.20 bits per heavy atom. The Kier molecular flexibility index (Phi) is 6.80. The zero-order valence-electron chi connectivity index (χ0n) is 17.8. The third-order valence-electron chi connectivity index (χ3n) is 5.55. The van der Waals surface area contributed by atoms with Crippen LogP contribution in [0.5, 0.6) is 0 Å². The fraction of sp³-hybridized carbons (Fsp3) is 0.435. The first-order chi connectivity index (χ1) is 14.3. The van der Waals surface area contributed by atoms with Crippen molar-refractivity contribution < 1.29 is 8.78 Å². The molecule has 3 rings (SSSR count). The predicted molar refractivity (Wildman–Crippen MR) is 116 cm³/mol. The first-order valence-corrected chi connectivity index (χ1v) is 10.3. The molecule has 1 aromatic carbocycles. The number of benzene rings is 1. The van der Waals surface area contributed by atoms with Crippen molar-refractivity contribution in [1.82, 2.24) is 15.3 Å². The van der Waals surface area contributed by atoms with Gasteiger partial charge in [0, 0.05) is 30.9 Å². The van der Waals surface area contributed by atoms with Gasteiger partial charge in [0.2, 0.25) is 0 Å². The number of nitrogens with one attached hydrogen (secondary N) is 2. The molecule has 0 atom stereocenters. The van der Waals surface area contributed by atoms with Gasteiger partial charge in [-0.3, -0.25) is 5.41 Å². The largest absolute Gasteiger partial charge is 0.384 e. The lowest BCUT2D eigenvalue weighted by Crippen LogP contribution is -2.38. The van der Waals surface area contributed by atoms with Gasteiger partial charge in [0.25, 0.3) is 0 Å². The molecule has 2 N–H and O–H groups in total. The topological polar surface area (TPSA) is 64.9 Å². The monoisotopic (exact) mass is 413 g/mol. The van der Waals surface area contributed by atoms with Crippen LogP contribution in [0.4, 0.5) is 14.6 Å². The summed E-state index contributed by atoms with van der Waals surface area (Å²) in [5.74, 6) is -0.309. The highest BCUT2D eigenvalue weighted by Gasteiger charge is 2.27. The average Bonchev–Trinajstić information content (AvgIpc) is 2.72. The first-order valence-electron chi connectivity index (χ1n) is 10.3. The molecule has 1 saturated heterocycles. The third kappa shape index (κ3) is 5.40. The van der Waals surface area contributed by atoms with Crippen LogP contribution < -0.4 is 10.2 Å². The van der Waals surface area contributed by atoms with Gasteiger partial charge >= 0.3 is 0 Å². The minimum absolute atomic E-state index is 0.0893. The van der Waals surface area contributed by atoms with E-state index in [4.69, 9.17) is 5.41 Å². The predicted octanol–water partition coefficient (Wildman–Crippen LogP) is 4.83. The number of piperidine rings is 1. The number of halogens is 2. The summed E-state index contributed by atoms with van der Waals surface area (Å²) >= 11 is 0. The minimum Gasteiger partial charge on any atom is -0.384 e. The number of hydrogen-bond acceptors (Lipinski definition) is 5. The number of anilines is 1. The molecule has 5 nitrogen and oxygen atoms in total. The summed E-state index contributed by atoms with van der Waals surface area (Å²) in [5, 5.41) is 11.5. The van der Waals surface area contributed by atoms with Crippen LogP contribution in [0.1, 0.15) is 51.4 Å². The quantitative estimate of drug-likeness (QED) is 0.638. The summed E-state index contributed by atoms with van der Waals surface area (Å²) in [4.78, 5) is 10.3. The molecule has 0 saturated carbocycles. The van der Waals surface area contributed by atoms with Crippen LogP contribution in [0.15, 0.2) is 42.2 Å². The number of allylic oxidation sites excluding steroid dienone is 2. The average molecular weight is 414 g/mol. The SMILES string of the molecule is CC/C(=C/C(=N)c1ncc(F)c(N2CCC(C)(C)CC2)n1)NCc1ccccc1F. The van der Waals surface area contributed by atoms with E-state index in [0.29, 0.717) is 18.5 Å². The summed E-state index contributed by atoms with van der Waals surface area (Å²) in [6, 6.07) is 6.57. The molecule has 1 fully saturated rings.